The van der Waals surface area contributed by atoms with Crippen LogP contribution in [0.5, 0.6) is 11.5 Å². The largest absolute Gasteiger partial charge is 0.480 e. The number of amides is 3. The molecule has 5 rings (SSSR count). The van der Waals surface area contributed by atoms with Crippen LogP contribution in [0.15, 0.2) is 83.8 Å². The first kappa shape index (κ1) is 50.1. The van der Waals surface area contributed by atoms with Gasteiger partial charge in [-0.3, -0.25) is 34.2 Å². The van der Waals surface area contributed by atoms with Gasteiger partial charge in [0.1, 0.15) is 11.5 Å². The zero-order chi connectivity index (χ0) is 47.1. The molecule has 2 saturated heterocycles. The fraction of sp³-hybridized carbons (Fsp3) is 0.442. The van der Waals surface area contributed by atoms with E-state index >= 15 is 0 Å². The maximum Gasteiger partial charge on any atom is 0.407 e. The van der Waals surface area contributed by atoms with E-state index in [1.165, 1.54) is 39.5 Å². The van der Waals surface area contributed by atoms with Crippen molar-refractivity contribution in [3.63, 3.8) is 0 Å². The topological polar surface area (TPSA) is 285 Å². The number of nitrogens with two attached hydrogens (primary N) is 1. The first-order valence-electron chi connectivity index (χ1n) is 21.1. The Labute approximate surface area is 382 Å². The molecule has 1 unspecified atom stereocenters. The van der Waals surface area contributed by atoms with Gasteiger partial charge in [-0.15, -0.1) is 0 Å². The van der Waals surface area contributed by atoms with Crippen LogP contribution in [0.1, 0.15) is 37.7 Å². The summed E-state index contributed by atoms with van der Waals surface area (Å²) < 4.78 is 31.6. The smallest absolute Gasteiger partial charge is 0.407 e. The highest BCUT2D eigenvalue weighted by Crippen LogP contribution is 2.37. The van der Waals surface area contributed by atoms with E-state index < -0.39 is 50.6 Å². The Balaban J connectivity index is 1.06. The monoisotopic (exact) mass is 940 g/mol. The van der Waals surface area contributed by atoms with Crippen molar-refractivity contribution in [3.8, 4) is 11.5 Å². The van der Waals surface area contributed by atoms with Gasteiger partial charge in [0.15, 0.2) is 19.7 Å². The van der Waals surface area contributed by atoms with E-state index in [4.69, 9.17) is 22.7 Å². The van der Waals surface area contributed by atoms with Gasteiger partial charge in [-0.1, -0.05) is 30.3 Å². The molecule has 2 fully saturated rings. The maximum absolute atomic E-state index is 13.9. The van der Waals surface area contributed by atoms with Crippen LogP contribution in [-0.4, -0.2) is 166 Å². The molecule has 0 radical (unpaired) electrons. The third-order valence-electron chi connectivity index (χ3n) is 11.5. The molecule has 352 valence electrons. The summed E-state index contributed by atoms with van der Waals surface area (Å²) in [6.45, 7) is 0.637. The van der Waals surface area contributed by atoms with Crippen molar-refractivity contribution in [3.05, 3.63) is 84.4 Å². The summed E-state index contributed by atoms with van der Waals surface area (Å²) in [4.78, 5) is 67.4. The van der Waals surface area contributed by atoms with Crippen LogP contribution < -0.4 is 26.6 Å². The van der Waals surface area contributed by atoms with Crippen molar-refractivity contribution in [2.45, 2.75) is 60.3 Å². The van der Waals surface area contributed by atoms with Gasteiger partial charge in [0.2, 0.25) is 5.91 Å². The summed E-state index contributed by atoms with van der Waals surface area (Å²) in [6, 6.07) is 20.3. The number of unbranched alkanes of at least 4 members (excludes halogenated alkanes) is 1. The number of carbonyl (C=O) groups excluding carboxylic acids is 2. The van der Waals surface area contributed by atoms with Gasteiger partial charge in [-0.05, 0) is 105 Å². The SMILES string of the molecule is N[C@@H](CCCCNC(=S)Nc1ccc(CC2CN(CC(=O)O)CCN(CC(=O)O)CCN2C(=O)O)cc1)C(=O)N1CCC(C(=O)NO)(S(=O)(=O)c2ccc(Oc3ccccc3)cc2)CC1. The molecule has 3 aromatic rings. The maximum atomic E-state index is 13.9. The number of hydrogen-bond donors (Lipinski definition) is 8. The van der Waals surface area contributed by atoms with E-state index in [1.54, 1.807) is 46.2 Å². The summed E-state index contributed by atoms with van der Waals surface area (Å²) in [5.74, 6) is -2.64. The lowest BCUT2D eigenvalue weighted by atomic mass is 9.94. The van der Waals surface area contributed by atoms with E-state index in [0.717, 1.165) is 5.56 Å². The number of likely N-dealkylation sites (tertiary alicyclic amines) is 1. The second kappa shape index (κ2) is 23.3. The van der Waals surface area contributed by atoms with Crippen molar-refractivity contribution >= 4 is 62.7 Å². The average molecular weight is 941 g/mol. The predicted molar refractivity (Wildman–Crippen MR) is 241 cm³/mol. The minimum absolute atomic E-state index is 0.0565. The molecule has 2 aliphatic rings. The summed E-state index contributed by atoms with van der Waals surface area (Å²) in [7, 11) is -4.34. The molecule has 20 nitrogen and oxygen atoms in total. The van der Waals surface area contributed by atoms with Crippen LogP contribution in [0.25, 0.3) is 0 Å². The lowest BCUT2D eigenvalue weighted by Crippen LogP contribution is -2.59. The summed E-state index contributed by atoms with van der Waals surface area (Å²) in [6.07, 6.45) is 0.110. The van der Waals surface area contributed by atoms with E-state index in [1.807, 2.05) is 18.2 Å². The number of sulfone groups is 1. The van der Waals surface area contributed by atoms with Gasteiger partial charge in [0, 0.05) is 58.0 Å². The molecule has 2 atom stereocenters. The van der Waals surface area contributed by atoms with Crippen molar-refractivity contribution < 1.29 is 57.7 Å². The molecular weight excluding hydrogens is 885 g/mol. The lowest BCUT2D eigenvalue weighted by Gasteiger charge is -2.40. The number of hydroxylamine groups is 1. The van der Waals surface area contributed by atoms with Crippen molar-refractivity contribution in [2.75, 3.05) is 70.8 Å². The normalized spacial score (nSPS) is 17.7. The van der Waals surface area contributed by atoms with Gasteiger partial charge in [-0.25, -0.2) is 18.7 Å². The van der Waals surface area contributed by atoms with Crippen LogP contribution in [0, 0.1) is 0 Å². The van der Waals surface area contributed by atoms with Crippen LogP contribution in [-0.2, 0) is 35.4 Å². The van der Waals surface area contributed by atoms with Crippen molar-refractivity contribution in [2.24, 2.45) is 5.73 Å². The molecule has 22 heteroatoms. The molecule has 2 aliphatic heterocycles. The van der Waals surface area contributed by atoms with Crippen LogP contribution in [0.4, 0.5) is 10.5 Å². The summed E-state index contributed by atoms with van der Waals surface area (Å²) in [5, 5.41) is 45.0. The van der Waals surface area contributed by atoms with Crippen LogP contribution >= 0.6 is 12.2 Å². The van der Waals surface area contributed by atoms with Crippen molar-refractivity contribution in [1.82, 2.24) is 30.4 Å². The van der Waals surface area contributed by atoms with Gasteiger partial charge >= 0.3 is 18.0 Å². The first-order valence-corrected chi connectivity index (χ1v) is 23.0. The Morgan fingerprint density at radius 3 is 2.02 bits per heavy atom. The molecule has 9 N–H and O–H groups in total. The average Bonchev–Trinajstić information content (AvgIpc) is 3.35. The highest BCUT2D eigenvalue weighted by molar-refractivity contribution is 7.93. The van der Waals surface area contributed by atoms with Gasteiger partial charge < -0.3 is 46.2 Å². The summed E-state index contributed by atoms with van der Waals surface area (Å²) >= 11 is 5.46. The van der Waals surface area contributed by atoms with Crippen LogP contribution in [0.2, 0.25) is 0 Å². The molecule has 3 aromatic carbocycles. The Hall–Kier alpha value is -5.91. The minimum Gasteiger partial charge on any atom is -0.480 e. The number of nitrogens with zero attached hydrogens (tertiary/aromatic N) is 4. The number of hydrogen-bond acceptors (Lipinski definition) is 13. The zero-order valence-electron chi connectivity index (χ0n) is 35.7. The first-order chi connectivity index (χ1) is 31.0. The highest BCUT2D eigenvalue weighted by Gasteiger charge is 2.53. The van der Waals surface area contributed by atoms with Gasteiger partial charge in [0.05, 0.1) is 30.1 Å². The van der Waals surface area contributed by atoms with E-state index in [-0.39, 0.29) is 89.0 Å². The Kier molecular flexibility index (Phi) is 18.0. The van der Waals surface area contributed by atoms with E-state index in [2.05, 4.69) is 10.6 Å². The van der Waals surface area contributed by atoms with E-state index in [0.29, 0.717) is 48.1 Å². The number of rotatable bonds is 18. The number of piperidine rings is 1. The molecule has 0 aromatic heterocycles. The molecule has 0 saturated carbocycles. The molecule has 0 aliphatic carbocycles. The van der Waals surface area contributed by atoms with Gasteiger partial charge in [-0.2, -0.15) is 0 Å². The Morgan fingerprint density at radius 1 is 0.800 bits per heavy atom. The number of para-hydroxylation sites is 1. The number of benzene rings is 3. The number of aliphatic carboxylic acids is 2. The third-order valence-corrected chi connectivity index (χ3v) is 14.3. The molecule has 3 amide bonds. The number of thiocarbonyl (C=S) groups is 1. The molecule has 65 heavy (non-hydrogen) atoms. The number of carboxylic acid groups (broad SMARTS) is 3. The van der Waals surface area contributed by atoms with E-state index in [9.17, 15) is 52.9 Å². The third kappa shape index (κ3) is 13.8. The Bertz CT molecular complexity index is 2230. The second-order valence-electron chi connectivity index (χ2n) is 16.0. The van der Waals surface area contributed by atoms with Gasteiger partial charge in [0.25, 0.3) is 5.91 Å². The Morgan fingerprint density at radius 2 is 1.40 bits per heavy atom. The molecule has 0 bridgehead atoms. The number of anilines is 1. The second-order valence-corrected chi connectivity index (χ2v) is 18.6. The fourth-order valence-corrected chi connectivity index (χ4v) is 10.2. The molecule has 2 heterocycles. The number of nitrogens with one attached hydrogen (secondary N) is 3. The molecular formula is C43H56N8O12S2. The van der Waals surface area contributed by atoms with Crippen molar-refractivity contribution in [1.29, 1.82) is 0 Å². The minimum atomic E-state index is -4.34. The number of carboxylic acids is 2. The quantitative estimate of drug-likeness (QED) is 0.0393. The standard InChI is InChI=1S/C43H56N8O12S2/c44-36(39(56)50-20-17-43(18-21-50,40(57)47-60)65(61,62)35-15-13-34(14-16-35)63-33-6-2-1-3-7-33)8-4-5-19-45-41(64)46-31-11-9-30(10-12-31)26-32-27-49(29-38(54)55)23-22-48(28-37(52)53)24-25-51(32)42(58)59/h1-3,6-7,9-16,32,36,60H,4-5,8,17-29,44H2,(H,47,57)(H,52,53)(H,54,55)(H,58,59)(H2,45,46,64)/t32?,36-/m0/s1. The highest BCUT2D eigenvalue weighted by atomic mass is 32.2. The predicted octanol–water partition coefficient (Wildman–Crippen LogP) is 2.28. The lowest BCUT2D eigenvalue weighted by molar-refractivity contribution is -0.140. The zero-order valence-corrected chi connectivity index (χ0v) is 37.3. The fourth-order valence-electron chi connectivity index (χ4n) is 7.99. The van der Waals surface area contributed by atoms with Crippen LogP contribution in [0.3, 0.4) is 0 Å². The summed E-state index contributed by atoms with van der Waals surface area (Å²) in [5.41, 5.74) is 9.27. The number of ether oxygens (including phenoxy) is 1. The number of carbonyl (C=O) groups is 5. The molecule has 0 spiro atoms.